The zero-order valence-electron chi connectivity index (χ0n) is 17.2. The molecule has 0 saturated carbocycles. The Hall–Kier alpha value is -3.76. The molecule has 32 heavy (non-hydrogen) atoms. The molecule has 1 unspecified atom stereocenters. The van der Waals surface area contributed by atoms with Crippen LogP contribution in [0.15, 0.2) is 84.9 Å². The van der Waals surface area contributed by atoms with Crippen molar-refractivity contribution in [1.82, 2.24) is 0 Å². The maximum absolute atomic E-state index is 13.0. The highest BCUT2D eigenvalue weighted by atomic mass is 35.5. The molecule has 2 heterocycles. The van der Waals surface area contributed by atoms with Crippen LogP contribution in [-0.2, 0) is 10.3 Å². The van der Waals surface area contributed by atoms with E-state index in [1.54, 1.807) is 0 Å². The Morgan fingerprint density at radius 3 is 2.44 bits per heavy atom. The maximum atomic E-state index is 13.0. The zero-order valence-corrected chi connectivity index (χ0v) is 17.9. The highest BCUT2D eigenvalue weighted by molar-refractivity contribution is 6.30. The van der Waals surface area contributed by atoms with Crippen LogP contribution in [-0.4, -0.2) is 5.97 Å². The molecule has 1 spiro atoms. The van der Waals surface area contributed by atoms with E-state index in [2.05, 4.69) is 5.32 Å². The van der Waals surface area contributed by atoms with Crippen molar-refractivity contribution in [3.05, 3.63) is 118 Å². The van der Waals surface area contributed by atoms with Crippen molar-refractivity contribution in [2.24, 2.45) is 0 Å². The van der Waals surface area contributed by atoms with Gasteiger partial charge >= 0.3 is 5.97 Å². The fourth-order valence-electron chi connectivity index (χ4n) is 4.70. The van der Waals surface area contributed by atoms with Crippen LogP contribution < -0.4 is 10.1 Å². The minimum absolute atomic E-state index is 0.335. The van der Waals surface area contributed by atoms with Crippen molar-refractivity contribution in [1.29, 1.82) is 0 Å². The Morgan fingerprint density at radius 2 is 1.59 bits per heavy atom. The summed E-state index contributed by atoms with van der Waals surface area (Å²) in [5.41, 5.74) is 4.73. The molecule has 156 valence electrons. The molecular formula is C27H18ClNO3. The molecule has 4 aromatic rings. The molecule has 4 aromatic carbocycles. The lowest BCUT2D eigenvalue weighted by atomic mass is 9.76. The Bertz CT molecular complexity index is 1400. The Labute approximate surface area is 190 Å². The van der Waals surface area contributed by atoms with Crippen LogP contribution in [0.3, 0.4) is 0 Å². The number of nitrogens with one attached hydrogen (secondary N) is 1. The number of anilines is 2. The number of esters is 1. The van der Waals surface area contributed by atoms with E-state index in [-0.39, 0.29) is 5.97 Å². The second-order valence-corrected chi connectivity index (χ2v) is 8.45. The van der Waals surface area contributed by atoms with Crippen LogP contribution in [0.1, 0.15) is 32.6 Å². The van der Waals surface area contributed by atoms with Crippen molar-refractivity contribution < 1.29 is 14.3 Å². The number of fused-ring (bicyclic) bond motifs is 6. The van der Waals surface area contributed by atoms with E-state index in [0.717, 1.165) is 33.6 Å². The van der Waals surface area contributed by atoms with Crippen molar-refractivity contribution in [3.8, 4) is 11.5 Å². The second kappa shape index (κ2) is 6.87. The van der Waals surface area contributed by atoms with E-state index in [9.17, 15) is 4.79 Å². The van der Waals surface area contributed by atoms with Crippen molar-refractivity contribution in [3.63, 3.8) is 0 Å². The summed E-state index contributed by atoms with van der Waals surface area (Å²) in [5.74, 6) is 1.02. The quantitative estimate of drug-likeness (QED) is 0.343. The molecule has 5 heteroatoms. The summed E-state index contributed by atoms with van der Waals surface area (Å²) in [4.78, 5) is 13.0. The summed E-state index contributed by atoms with van der Waals surface area (Å²) < 4.78 is 12.5. The van der Waals surface area contributed by atoms with Gasteiger partial charge in [0.25, 0.3) is 0 Å². The first kappa shape index (κ1) is 19.0. The molecule has 0 saturated heterocycles. The highest BCUT2D eigenvalue weighted by Gasteiger charge is 2.54. The first-order valence-electron chi connectivity index (χ1n) is 10.3. The lowest BCUT2D eigenvalue weighted by Crippen LogP contribution is -2.34. The summed E-state index contributed by atoms with van der Waals surface area (Å²) in [6.07, 6.45) is 0. The Balaban J connectivity index is 1.59. The number of ether oxygens (including phenoxy) is 2. The number of hydrogen-bond acceptors (Lipinski definition) is 4. The van der Waals surface area contributed by atoms with E-state index in [1.165, 1.54) is 0 Å². The third kappa shape index (κ3) is 2.66. The monoisotopic (exact) mass is 439 g/mol. The molecule has 0 radical (unpaired) electrons. The zero-order chi connectivity index (χ0) is 21.9. The molecule has 1 atom stereocenters. The van der Waals surface area contributed by atoms with E-state index in [1.807, 2.05) is 91.9 Å². The molecule has 0 bridgehead atoms. The average Bonchev–Trinajstić information content (AvgIpc) is 3.09. The van der Waals surface area contributed by atoms with Crippen molar-refractivity contribution in [2.45, 2.75) is 12.5 Å². The third-order valence-electron chi connectivity index (χ3n) is 6.07. The van der Waals surface area contributed by atoms with Gasteiger partial charge in [-0.3, -0.25) is 0 Å². The second-order valence-electron chi connectivity index (χ2n) is 8.01. The molecule has 0 aliphatic carbocycles. The molecule has 2 aliphatic rings. The number of hydrogen-bond donors (Lipinski definition) is 1. The van der Waals surface area contributed by atoms with Gasteiger partial charge in [-0.25, -0.2) is 4.79 Å². The third-order valence-corrected chi connectivity index (χ3v) is 6.32. The smallest absolute Gasteiger partial charge is 0.340 e. The number of benzene rings is 4. The van der Waals surface area contributed by atoms with Crippen LogP contribution in [0, 0.1) is 6.92 Å². The van der Waals surface area contributed by atoms with Gasteiger partial charge in [-0.15, -0.1) is 0 Å². The van der Waals surface area contributed by atoms with Crippen LogP contribution in [0.2, 0.25) is 5.02 Å². The largest absolute Gasteiger partial charge is 0.456 e. The fraction of sp³-hybridized carbons (Fsp3) is 0.0741. The molecule has 0 amide bonds. The number of halogens is 1. The van der Waals surface area contributed by atoms with E-state index in [4.69, 9.17) is 21.1 Å². The number of carbonyl (C=O) groups is 1. The molecule has 0 fully saturated rings. The summed E-state index contributed by atoms with van der Waals surface area (Å²) in [6.45, 7) is 2.01. The van der Waals surface area contributed by atoms with E-state index >= 15 is 0 Å². The normalized spacial score (nSPS) is 17.8. The van der Waals surface area contributed by atoms with Crippen LogP contribution >= 0.6 is 11.6 Å². The van der Waals surface area contributed by atoms with Crippen molar-refractivity contribution in [2.75, 3.05) is 5.32 Å². The standard InChI is InChI=1S/C27H18ClNO3/c1-16-5-4-8-24-25(16)27(21-7-3-2-6-20(21)26(30)32-27)22-15-19(13-14-23(22)31-24)29-18-11-9-17(28)10-12-18/h2-15,29H,1H3. The minimum atomic E-state index is -1.07. The SMILES string of the molecule is Cc1cccc2c1C1(OC(=O)c3ccccc31)c1cc(Nc3ccc(Cl)cc3)ccc1O2. The predicted octanol–water partition coefficient (Wildman–Crippen LogP) is 6.96. The maximum Gasteiger partial charge on any atom is 0.340 e. The van der Waals surface area contributed by atoms with Gasteiger partial charge in [-0.2, -0.15) is 0 Å². The van der Waals surface area contributed by atoms with Gasteiger partial charge in [-0.1, -0.05) is 41.9 Å². The Morgan fingerprint density at radius 1 is 0.812 bits per heavy atom. The Kier molecular flexibility index (Phi) is 4.07. The predicted molar refractivity (Wildman–Crippen MR) is 124 cm³/mol. The van der Waals surface area contributed by atoms with Gasteiger partial charge in [0.2, 0.25) is 0 Å². The van der Waals surface area contributed by atoms with Gasteiger partial charge in [0, 0.05) is 27.5 Å². The van der Waals surface area contributed by atoms with Gasteiger partial charge < -0.3 is 14.8 Å². The van der Waals surface area contributed by atoms with Crippen LogP contribution in [0.25, 0.3) is 0 Å². The van der Waals surface area contributed by atoms with Gasteiger partial charge in [0.1, 0.15) is 11.5 Å². The average molecular weight is 440 g/mol. The molecule has 2 aliphatic heterocycles. The molecular weight excluding hydrogens is 422 g/mol. The number of carbonyl (C=O) groups excluding carboxylic acids is 1. The fourth-order valence-corrected chi connectivity index (χ4v) is 4.83. The summed E-state index contributed by atoms with van der Waals surface area (Å²) in [6, 6.07) is 26.8. The summed E-state index contributed by atoms with van der Waals surface area (Å²) >= 11 is 6.02. The lowest BCUT2D eigenvalue weighted by molar-refractivity contribution is 0.0222. The van der Waals surface area contributed by atoms with Crippen LogP contribution in [0.5, 0.6) is 11.5 Å². The molecule has 6 rings (SSSR count). The highest BCUT2D eigenvalue weighted by Crippen LogP contribution is 2.57. The van der Waals surface area contributed by atoms with Gasteiger partial charge in [0.05, 0.1) is 11.1 Å². The minimum Gasteiger partial charge on any atom is -0.456 e. The summed E-state index contributed by atoms with van der Waals surface area (Å²) in [5, 5.41) is 4.08. The topological polar surface area (TPSA) is 47.6 Å². The lowest BCUT2D eigenvalue weighted by Gasteiger charge is -2.37. The first-order chi connectivity index (χ1) is 15.6. The van der Waals surface area contributed by atoms with Gasteiger partial charge in [0.15, 0.2) is 5.60 Å². The first-order valence-corrected chi connectivity index (χ1v) is 10.7. The number of aryl methyl sites for hydroxylation is 1. The molecule has 4 nitrogen and oxygen atoms in total. The number of rotatable bonds is 2. The molecule has 0 aromatic heterocycles. The van der Waals surface area contributed by atoms with Gasteiger partial charge in [-0.05, 0) is 67.1 Å². The van der Waals surface area contributed by atoms with E-state index < -0.39 is 5.60 Å². The van der Waals surface area contributed by atoms with E-state index in [0.29, 0.717) is 22.1 Å². The van der Waals surface area contributed by atoms with Crippen molar-refractivity contribution >= 4 is 28.9 Å². The molecule has 1 N–H and O–H groups in total. The summed E-state index contributed by atoms with van der Waals surface area (Å²) in [7, 11) is 0. The van der Waals surface area contributed by atoms with Crippen LogP contribution in [0.4, 0.5) is 11.4 Å².